The average Bonchev–Trinajstić information content (AvgIpc) is 2.64. The largest absolute Gasteiger partial charge is 0.466 e. The molecule has 0 aliphatic carbocycles. The molecule has 0 radical (unpaired) electrons. The summed E-state index contributed by atoms with van der Waals surface area (Å²) in [5.74, 6) is -0.119. The number of rotatable bonds is 14. The van der Waals surface area contributed by atoms with E-state index in [1.807, 2.05) is 38.2 Å². The van der Waals surface area contributed by atoms with Crippen LogP contribution in [0, 0.1) is 0 Å². The van der Waals surface area contributed by atoms with Gasteiger partial charge in [0.2, 0.25) is 0 Å². The van der Waals surface area contributed by atoms with Crippen molar-refractivity contribution in [3.63, 3.8) is 0 Å². The van der Waals surface area contributed by atoms with Gasteiger partial charge in [-0.25, -0.2) is 0 Å². The molecule has 0 aromatic rings. The number of carbonyl (C=O) groups is 1. The van der Waals surface area contributed by atoms with Gasteiger partial charge < -0.3 is 14.9 Å². The van der Waals surface area contributed by atoms with Crippen LogP contribution in [0.2, 0.25) is 0 Å². The molecule has 2 unspecified atom stereocenters. The first-order valence-corrected chi connectivity index (χ1v) is 9.43. The number of aliphatic hydroxyl groups excluding tert-OH is 2. The lowest BCUT2D eigenvalue weighted by Crippen LogP contribution is -2.22. The predicted molar refractivity (Wildman–Crippen MR) is 108 cm³/mol. The van der Waals surface area contributed by atoms with E-state index < -0.39 is 12.2 Å². The standard InChI is InChI=1S/C22H34O4/c1-3-20(23)21(24)18-16-14-12-10-8-6-5-7-9-11-13-15-17-19-22(25)26-4-2/h5,7-8,10-14,16,18,20-21,23-24H,3-4,6,9,15,17,19H2,1-2H3/b7-5-,10-8-,13-11-,14-12+,18-16+. The third-order valence-electron chi connectivity index (χ3n) is 3.52. The first kappa shape index (κ1) is 24.1. The summed E-state index contributed by atoms with van der Waals surface area (Å²) in [7, 11) is 0. The molecule has 2 atom stereocenters. The number of aliphatic hydroxyl groups is 2. The number of hydrogen-bond acceptors (Lipinski definition) is 4. The molecule has 0 saturated carbocycles. The van der Waals surface area contributed by atoms with Crippen molar-refractivity contribution in [3.05, 3.63) is 60.8 Å². The fraction of sp³-hybridized carbons (Fsp3) is 0.500. The average molecular weight is 363 g/mol. The first-order chi connectivity index (χ1) is 12.6. The summed E-state index contributed by atoms with van der Waals surface area (Å²) in [5, 5.41) is 18.9. The lowest BCUT2D eigenvalue weighted by Gasteiger charge is -2.10. The van der Waals surface area contributed by atoms with E-state index in [1.54, 1.807) is 12.2 Å². The molecule has 4 nitrogen and oxygen atoms in total. The molecular weight excluding hydrogens is 328 g/mol. The number of esters is 1. The second-order valence-corrected chi connectivity index (χ2v) is 5.78. The van der Waals surface area contributed by atoms with Crippen molar-refractivity contribution in [3.8, 4) is 0 Å². The molecule has 0 heterocycles. The van der Waals surface area contributed by atoms with Gasteiger partial charge in [-0.15, -0.1) is 0 Å². The van der Waals surface area contributed by atoms with Crippen LogP contribution in [0.5, 0.6) is 0 Å². The third-order valence-corrected chi connectivity index (χ3v) is 3.52. The maximum atomic E-state index is 11.1. The molecule has 0 aromatic carbocycles. The van der Waals surface area contributed by atoms with Crippen LogP contribution >= 0.6 is 0 Å². The summed E-state index contributed by atoms with van der Waals surface area (Å²) in [6, 6.07) is 0. The van der Waals surface area contributed by atoms with E-state index in [1.165, 1.54) is 0 Å². The van der Waals surface area contributed by atoms with Crippen LogP contribution in [0.4, 0.5) is 0 Å². The normalized spacial score (nSPS) is 15.1. The van der Waals surface area contributed by atoms with Crippen molar-refractivity contribution in [2.45, 2.75) is 64.6 Å². The monoisotopic (exact) mass is 362 g/mol. The third kappa shape index (κ3) is 15.6. The Bertz CT molecular complexity index is 486. The fourth-order valence-corrected chi connectivity index (χ4v) is 1.99. The molecule has 4 heteroatoms. The van der Waals surface area contributed by atoms with Crippen LogP contribution in [0.25, 0.3) is 0 Å². The summed E-state index contributed by atoms with van der Waals surface area (Å²) in [6.07, 6.45) is 22.4. The number of carbonyl (C=O) groups excluding carboxylic acids is 1. The van der Waals surface area contributed by atoms with Crippen molar-refractivity contribution in [2.24, 2.45) is 0 Å². The van der Waals surface area contributed by atoms with Gasteiger partial charge in [-0.3, -0.25) is 4.79 Å². The zero-order valence-corrected chi connectivity index (χ0v) is 16.1. The Morgan fingerprint density at radius 1 is 0.923 bits per heavy atom. The number of unbranched alkanes of at least 4 members (excludes halogenated alkanes) is 1. The van der Waals surface area contributed by atoms with Crippen LogP contribution < -0.4 is 0 Å². The molecule has 0 rings (SSSR count). The van der Waals surface area contributed by atoms with Gasteiger partial charge in [-0.05, 0) is 39.0 Å². The highest BCUT2D eigenvalue weighted by atomic mass is 16.5. The van der Waals surface area contributed by atoms with Crippen LogP contribution in [-0.2, 0) is 9.53 Å². The maximum absolute atomic E-state index is 11.1. The van der Waals surface area contributed by atoms with E-state index in [4.69, 9.17) is 4.74 Å². The highest BCUT2D eigenvalue weighted by Crippen LogP contribution is 2.01. The molecule has 146 valence electrons. The van der Waals surface area contributed by atoms with Crippen LogP contribution in [0.1, 0.15) is 52.4 Å². The van der Waals surface area contributed by atoms with Crippen molar-refractivity contribution in [1.82, 2.24) is 0 Å². The van der Waals surface area contributed by atoms with Crippen molar-refractivity contribution >= 4 is 5.97 Å². The zero-order chi connectivity index (χ0) is 19.5. The van der Waals surface area contributed by atoms with E-state index in [0.717, 1.165) is 25.7 Å². The second kappa shape index (κ2) is 17.9. The number of hydrogen-bond donors (Lipinski definition) is 2. The second-order valence-electron chi connectivity index (χ2n) is 5.78. The molecule has 0 fully saturated rings. The Kier molecular flexibility index (Phi) is 16.6. The SMILES string of the molecule is CCOC(=O)CCC/C=C\C/C=C\C\C=C/C=C/C=C/C(O)C(O)CC. The smallest absolute Gasteiger partial charge is 0.305 e. The van der Waals surface area contributed by atoms with Gasteiger partial charge in [0.05, 0.1) is 18.8 Å². The summed E-state index contributed by atoms with van der Waals surface area (Å²) >= 11 is 0. The lowest BCUT2D eigenvalue weighted by atomic mass is 10.1. The molecule has 0 amide bonds. The highest BCUT2D eigenvalue weighted by molar-refractivity contribution is 5.69. The van der Waals surface area contributed by atoms with E-state index in [0.29, 0.717) is 19.4 Å². The van der Waals surface area contributed by atoms with Gasteiger partial charge in [0, 0.05) is 6.42 Å². The highest BCUT2D eigenvalue weighted by Gasteiger charge is 2.08. The Morgan fingerprint density at radius 2 is 1.58 bits per heavy atom. The summed E-state index contributed by atoms with van der Waals surface area (Å²) in [4.78, 5) is 11.1. The molecule has 2 N–H and O–H groups in total. The van der Waals surface area contributed by atoms with Gasteiger partial charge in [0.15, 0.2) is 0 Å². The maximum Gasteiger partial charge on any atom is 0.305 e. The number of allylic oxidation sites excluding steroid dienone is 9. The topological polar surface area (TPSA) is 66.8 Å². The summed E-state index contributed by atoms with van der Waals surface area (Å²) < 4.78 is 4.87. The molecule has 0 aliphatic heterocycles. The zero-order valence-electron chi connectivity index (χ0n) is 16.1. The van der Waals surface area contributed by atoms with Gasteiger partial charge in [0.25, 0.3) is 0 Å². The van der Waals surface area contributed by atoms with E-state index in [9.17, 15) is 15.0 Å². The van der Waals surface area contributed by atoms with Gasteiger partial charge in [-0.1, -0.05) is 67.7 Å². The molecule has 0 saturated heterocycles. The van der Waals surface area contributed by atoms with Gasteiger partial charge >= 0.3 is 5.97 Å². The Morgan fingerprint density at radius 3 is 2.27 bits per heavy atom. The predicted octanol–water partition coefficient (Wildman–Crippen LogP) is 4.41. The fourth-order valence-electron chi connectivity index (χ4n) is 1.99. The molecular formula is C22H34O4. The number of ether oxygens (including phenoxy) is 1. The molecule has 0 bridgehead atoms. The Hall–Kier alpha value is -1.91. The summed E-state index contributed by atoms with van der Waals surface area (Å²) in [5.41, 5.74) is 0. The van der Waals surface area contributed by atoms with Crippen molar-refractivity contribution in [2.75, 3.05) is 6.61 Å². The minimum Gasteiger partial charge on any atom is -0.466 e. The van der Waals surface area contributed by atoms with E-state index in [2.05, 4.69) is 24.3 Å². The van der Waals surface area contributed by atoms with Crippen molar-refractivity contribution in [1.29, 1.82) is 0 Å². The van der Waals surface area contributed by atoms with Crippen molar-refractivity contribution < 1.29 is 19.7 Å². The molecule has 0 aromatic heterocycles. The first-order valence-electron chi connectivity index (χ1n) is 9.43. The molecule has 0 aliphatic rings. The van der Waals surface area contributed by atoms with Crippen LogP contribution in [0.3, 0.4) is 0 Å². The summed E-state index contributed by atoms with van der Waals surface area (Å²) in [6.45, 7) is 4.10. The molecule has 26 heavy (non-hydrogen) atoms. The van der Waals surface area contributed by atoms with Gasteiger partial charge in [-0.2, -0.15) is 0 Å². The lowest BCUT2D eigenvalue weighted by molar-refractivity contribution is -0.143. The Balaban J connectivity index is 3.69. The minimum absolute atomic E-state index is 0.119. The van der Waals surface area contributed by atoms with Crippen LogP contribution in [0.15, 0.2) is 60.8 Å². The Labute approximate surface area is 158 Å². The minimum atomic E-state index is -0.810. The molecule has 0 spiro atoms. The van der Waals surface area contributed by atoms with Crippen LogP contribution in [-0.4, -0.2) is 35.0 Å². The van der Waals surface area contributed by atoms with E-state index in [-0.39, 0.29) is 5.97 Å². The quantitative estimate of drug-likeness (QED) is 0.208. The van der Waals surface area contributed by atoms with E-state index >= 15 is 0 Å². The van der Waals surface area contributed by atoms with Gasteiger partial charge in [0.1, 0.15) is 0 Å².